The molecule has 1 heterocycles. The van der Waals surface area contributed by atoms with Crippen molar-refractivity contribution in [1.29, 1.82) is 0 Å². The number of nitrogens with one attached hydrogen (secondary N) is 1. The lowest BCUT2D eigenvalue weighted by molar-refractivity contribution is -0.136. The van der Waals surface area contributed by atoms with Crippen molar-refractivity contribution in [3.05, 3.63) is 22.5 Å². The van der Waals surface area contributed by atoms with Gasteiger partial charge in [0.1, 0.15) is 5.69 Å². The van der Waals surface area contributed by atoms with Crippen LogP contribution in [0, 0.1) is 6.92 Å². The number of H-pyrrole nitrogens is 1. The second kappa shape index (κ2) is 3.95. The van der Waals surface area contributed by atoms with Crippen LogP contribution >= 0.6 is 0 Å². The normalized spacial score (nSPS) is 9.93. The molecule has 6 heteroatoms. The van der Waals surface area contributed by atoms with Crippen molar-refractivity contribution in [2.24, 2.45) is 0 Å². The van der Waals surface area contributed by atoms with Crippen LogP contribution in [0.25, 0.3) is 0 Å². The van der Waals surface area contributed by atoms with E-state index >= 15 is 0 Å². The fraction of sp³-hybridized carbons (Fsp3) is 0.222. The Morgan fingerprint density at radius 3 is 2.40 bits per heavy atom. The third kappa shape index (κ3) is 2.04. The maximum Gasteiger partial charge on any atom is 0.352 e. The maximum atomic E-state index is 10.7. The second-order valence-electron chi connectivity index (χ2n) is 3.01. The van der Waals surface area contributed by atoms with Crippen molar-refractivity contribution in [1.82, 2.24) is 4.98 Å². The molecule has 0 unspecified atom stereocenters. The highest BCUT2D eigenvalue weighted by Crippen LogP contribution is 2.17. The molecule has 0 aliphatic carbocycles. The molecule has 1 rings (SSSR count). The first kappa shape index (κ1) is 11.0. The number of rotatable bonds is 4. The Bertz CT molecular complexity index is 432. The van der Waals surface area contributed by atoms with Gasteiger partial charge in [0.15, 0.2) is 6.29 Å². The van der Waals surface area contributed by atoms with E-state index in [1.54, 1.807) is 0 Å². The van der Waals surface area contributed by atoms with E-state index in [-0.39, 0.29) is 28.9 Å². The van der Waals surface area contributed by atoms with Crippen molar-refractivity contribution in [3.63, 3.8) is 0 Å². The predicted molar refractivity (Wildman–Crippen MR) is 49.2 cm³/mol. The van der Waals surface area contributed by atoms with E-state index in [4.69, 9.17) is 10.2 Å². The van der Waals surface area contributed by atoms with E-state index in [0.29, 0.717) is 6.29 Å². The molecule has 0 saturated heterocycles. The third-order valence-corrected chi connectivity index (χ3v) is 2.07. The average Bonchev–Trinajstić information content (AvgIpc) is 2.43. The topological polar surface area (TPSA) is 107 Å². The van der Waals surface area contributed by atoms with E-state index in [0.717, 1.165) is 0 Å². The molecule has 0 saturated carbocycles. The average molecular weight is 211 g/mol. The summed E-state index contributed by atoms with van der Waals surface area (Å²) in [7, 11) is 0. The maximum absolute atomic E-state index is 10.7. The van der Waals surface area contributed by atoms with Crippen LogP contribution < -0.4 is 0 Å². The number of aliphatic carboxylic acids is 1. The van der Waals surface area contributed by atoms with Gasteiger partial charge >= 0.3 is 11.9 Å². The van der Waals surface area contributed by atoms with Crippen LogP contribution in [0.15, 0.2) is 0 Å². The summed E-state index contributed by atoms with van der Waals surface area (Å²) in [5.74, 6) is -2.33. The number of carboxylic acids is 2. The van der Waals surface area contributed by atoms with E-state index in [2.05, 4.69) is 4.98 Å². The second-order valence-corrected chi connectivity index (χ2v) is 3.01. The first-order valence-electron chi connectivity index (χ1n) is 4.09. The van der Waals surface area contributed by atoms with Gasteiger partial charge in [0.25, 0.3) is 0 Å². The Kier molecular flexibility index (Phi) is 2.89. The van der Waals surface area contributed by atoms with Gasteiger partial charge in [-0.1, -0.05) is 0 Å². The molecule has 3 N–H and O–H groups in total. The number of hydrogen-bond donors (Lipinski definition) is 3. The van der Waals surface area contributed by atoms with Gasteiger partial charge in [-0.05, 0) is 18.1 Å². The Hall–Kier alpha value is -2.11. The number of carboxylic acid groups (broad SMARTS) is 2. The number of hydrogen-bond acceptors (Lipinski definition) is 3. The zero-order valence-corrected chi connectivity index (χ0v) is 7.90. The van der Waals surface area contributed by atoms with Gasteiger partial charge < -0.3 is 15.2 Å². The minimum absolute atomic E-state index is 0.00676. The molecule has 0 aromatic carbocycles. The van der Waals surface area contributed by atoms with Gasteiger partial charge in [0, 0.05) is 0 Å². The molecule has 0 amide bonds. The van der Waals surface area contributed by atoms with E-state index in [9.17, 15) is 14.4 Å². The predicted octanol–water partition coefficient (Wildman–Crippen LogP) is 0.461. The van der Waals surface area contributed by atoms with Crippen LogP contribution in [-0.2, 0) is 11.2 Å². The van der Waals surface area contributed by atoms with Gasteiger partial charge in [-0.3, -0.25) is 9.59 Å². The molecule has 0 spiro atoms. The van der Waals surface area contributed by atoms with E-state index in [1.165, 1.54) is 6.92 Å². The monoisotopic (exact) mass is 211 g/mol. The molecule has 15 heavy (non-hydrogen) atoms. The Morgan fingerprint density at radius 2 is 2.00 bits per heavy atom. The highest BCUT2D eigenvalue weighted by Gasteiger charge is 2.19. The Balaban J connectivity index is 3.29. The fourth-order valence-corrected chi connectivity index (χ4v) is 1.35. The first-order chi connectivity index (χ1) is 6.97. The molecule has 0 aliphatic rings. The summed E-state index contributed by atoms with van der Waals surface area (Å²) in [5, 5.41) is 17.3. The van der Waals surface area contributed by atoms with Gasteiger partial charge in [0.2, 0.25) is 0 Å². The van der Waals surface area contributed by atoms with Crippen LogP contribution in [0.1, 0.15) is 32.1 Å². The summed E-state index contributed by atoms with van der Waals surface area (Å²) in [6.45, 7) is 1.46. The molecule has 0 fully saturated rings. The zero-order valence-electron chi connectivity index (χ0n) is 7.90. The molecule has 0 radical (unpaired) electrons. The number of aromatic amines is 1. The Labute approximate surface area is 84.5 Å². The van der Waals surface area contributed by atoms with Gasteiger partial charge in [-0.2, -0.15) is 0 Å². The Morgan fingerprint density at radius 1 is 1.40 bits per heavy atom. The molecular formula is C9H9NO5. The quantitative estimate of drug-likeness (QED) is 0.627. The third-order valence-electron chi connectivity index (χ3n) is 2.07. The lowest BCUT2D eigenvalue weighted by atomic mass is 10.1. The SMILES string of the molecule is Cc1c(C(=O)O)[nH]c(C=O)c1CC(=O)O. The number of aromatic carboxylic acids is 1. The molecule has 1 aromatic rings. The van der Waals surface area contributed by atoms with Crippen LogP contribution in [0.5, 0.6) is 0 Å². The number of aldehydes is 1. The smallest absolute Gasteiger partial charge is 0.352 e. The zero-order chi connectivity index (χ0) is 11.6. The molecule has 0 aliphatic heterocycles. The van der Waals surface area contributed by atoms with Crippen molar-refractivity contribution < 1.29 is 24.6 Å². The summed E-state index contributed by atoms with van der Waals surface area (Å²) in [6, 6.07) is 0. The largest absolute Gasteiger partial charge is 0.481 e. The number of aromatic nitrogens is 1. The molecular weight excluding hydrogens is 202 g/mol. The number of carbonyl (C=O) groups is 3. The highest BCUT2D eigenvalue weighted by molar-refractivity contribution is 5.91. The van der Waals surface area contributed by atoms with E-state index < -0.39 is 11.9 Å². The molecule has 80 valence electrons. The lowest BCUT2D eigenvalue weighted by Crippen LogP contribution is -2.03. The minimum atomic E-state index is -1.22. The standard InChI is InChI=1S/C9H9NO5/c1-4-5(2-7(12)13)6(3-11)10-8(4)9(14)15/h3,10H,2H2,1H3,(H,12,13)(H,14,15). The van der Waals surface area contributed by atoms with Crippen LogP contribution in [0.2, 0.25) is 0 Å². The molecule has 6 nitrogen and oxygen atoms in total. The highest BCUT2D eigenvalue weighted by atomic mass is 16.4. The molecule has 0 atom stereocenters. The fourth-order valence-electron chi connectivity index (χ4n) is 1.35. The van der Waals surface area contributed by atoms with Gasteiger partial charge in [0.05, 0.1) is 12.1 Å². The van der Waals surface area contributed by atoms with Crippen molar-refractivity contribution >= 4 is 18.2 Å². The van der Waals surface area contributed by atoms with Gasteiger partial charge in [-0.25, -0.2) is 4.79 Å². The first-order valence-corrected chi connectivity index (χ1v) is 4.09. The summed E-state index contributed by atoms with van der Waals surface area (Å²) >= 11 is 0. The van der Waals surface area contributed by atoms with Crippen LogP contribution in [0.3, 0.4) is 0 Å². The summed E-state index contributed by atoms with van der Waals surface area (Å²) in [4.78, 5) is 34.1. The van der Waals surface area contributed by atoms with Crippen molar-refractivity contribution in [2.75, 3.05) is 0 Å². The summed E-state index contributed by atoms with van der Waals surface area (Å²) in [5.41, 5.74) is 0.363. The van der Waals surface area contributed by atoms with Crippen molar-refractivity contribution in [2.45, 2.75) is 13.3 Å². The van der Waals surface area contributed by atoms with Gasteiger partial charge in [-0.15, -0.1) is 0 Å². The number of carbonyl (C=O) groups excluding carboxylic acids is 1. The molecule has 0 bridgehead atoms. The van der Waals surface area contributed by atoms with E-state index in [1.807, 2.05) is 0 Å². The summed E-state index contributed by atoms with van der Waals surface area (Å²) in [6.07, 6.45) is 0.0431. The summed E-state index contributed by atoms with van der Waals surface area (Å²) < 4.78 is 0. The van der Waals surface area contributed by atoms with Crippen molar-refractivity contribution in [3.8, 4) is 0 Å². The van der Waals surface area contributed by atoms with Crippen LogP contribution in [0.4, 0.5) is 0 Å². The molecule has 1 aromatic heterocycles. The van der Waals surface area contributed by atoms with Crippen LogP contribution in [-0.4, -0.2) is 33.4 Å². The minimum Gasteiger partial charge on any atom is -0.481 e. The lowest BCUT2D eigenvalue weighted by Gasteiger charge is -1.96.